The molecule has 0 aliphatic heterocycles. The Morgan fingerprint density at radius 1 is 0.912 bits per heavy atom. The highest BCUT2D eigenvalue weighted by Gasteiger charge is 2.70. The fourth-order valence-corrected chi connectivity index (χ4v) is 11.7. The van der Waals surface area contributed by atoms with Crippen LogP contribution in [0, 0.1) is 56.7 Å². The van der Waals surface area contributed by atoms with Gasteiger partial charge in [-0.2, -0.15) is 0 Å². The first-order valence-corrected chi connectivity index (χ1v) is 14.7. The predicted molar refractivity (Wildman–Crippen MR) is 148 cm³/mol. The summed E-state index contributed by atoms with van der Waals surface area (Å²) in [6.07, 6.45) is 14.5. The van der Waals surface area contributed by atoms with Gasteiger partial charge in [-0.1, -0.05) is 65.0 Å². The average molecular weight is 483 g/mol. The van der Waals surface area contributed by atoms with E-state index in [2.05, 4.69) is 77.2 Å². The van der Waals surface area contributed by atoms with E-state index in [-0.39, 0.29) is 5.41 Å². The SMILES string of the molecule is C=C(C)[C@@H]1CC[C@]2(C(=C)OP)CC[C@]3(C)[C@H](CC[C@@H]4[C@@]5(C)CC=C(C)C(C)(C)[C@@H]5CC[C@]43C)[C@@H]12. The van der Waals surface area contributed by atoms with Crippen LogP contribution in [-0.2, 0) is 4.52 Å². The zero-order valence-corrected chi connectivity index (χ0v) is 24.4. The van der Waals surface area contributed by atoms with Crippen molar-refractivity contribution < 1.29 is 4.52 Å². The lowest BCUT2D eigenvalue weighted by molar-refractivity contribution is -0.225. The van der Waals surface area contributed by atoms with Gasteiger partial charge in [0.15, 0.2) is 0 Å². The minimum absolute atomic E-state index is 0.145. The predicted octanol–water partition coefficient (Wildman–Crippen LogP) is 9.52. The largest absolute Gasteiger partial charge is 0.485 e. The van der Waals surface area contributed by atoms with Crippen LogP contribution in [0.25, 0.3) is 0 Å². The van der Waals surface area contributed by atoms with Gasteiger partial charge in [0.25, 0.3) is 0 Å². The van der Waals surface area contributed by atoms with Crippen molar-refractivity contribution in [3.8, 4) is 0 Å². The molecular formula is C32H51OP. The molecule has 2 heteroatoms. The van der Waals surface area contributed by atoms with Crippen molar-refractivity contribution in [2.24, 2.45) is 56.7 Å². The van der Waals surface area contributed by atoms with Crippen molar-refractivity contribution in [2.45, 2.75) is 106 Å². The zero-order valence-electron chi connectivity index (χ0n) is 23.2. The summed E-state index contributed by atoms with van der Waals surface area (Å²) in [5.41, 5.74) is 4.72. The molecule has 0 radical (unpaired) electrons. The summed E-state index contributed by atoms with van der Waals surface area (Å²) >= 11 is 0. The number of hydrogen-bond donors (Lipinski definition) is 0. The number of rotatable bonds is 3. The van der Waals surface area contributed by atoms with Gasteiger partial charge in [-0.15, -0.1) is 0 Å². The third kappa shape index (κ3) is 2.89. The van der Waals surface area contributed by atoms with Crippen LogP contribution in [0.4, 0.5) is 0 Å². The number of allylic oxidation sites excluding steroid dienone is 4. The molecule has 0 saturated heterocycles. The van der Waals surface area contributed by atoms with Crippen LogP contribution in [0.15, 0.2) is 36.1 Å². The van der Waals surface area contributed by atoms with E-state index in [9.17, 15) is 0 Å². The van der Waals surface area contributed by atoms with Crippen molar-refractivity contribution >= 4 is 9.47 Å². The van der Waals surface area contributed by atoms with Gasteiger partial charge in [-0.25, -0.2) is 0 Å². The van der Waals surface area contributed by atoms with E-state index in [1.54, 1.807) is 5.57 Å². The van der Waals surface area contributed by atoms with Crippen LogP contribution >= 0.6 is 9.47 Å². The summed E-state index contributed by atoms with van der Waals surface area (Å²) in [6, 6.07) is 0. The third-order valence-electron chi connectivity index (χ3n) is 13.8. The Morgan fingerprint density at radius 3 is 2.26 bits per heavy atom. The first-order chi connectivity index (χ1) is 15.8. The van der Waals surface area contributed by atoms with E-state index < -0.39 is 0 Å². The minimum atomic E-state index is 0.145. The van der Waals surface area contributed by atoms with Crippen LogP contribution < -0.4 is 0 Å². The van der Waals surface area contributed by atoms with Gasteiger partial charge in [0, 0.05) is 5.41 Å². The van der Waals surface area contributed by atoms with Gasteiger partial charge in [0.2, 0.25) is 0 Å². The summed E-state index contributed by atoms with van der Waals surface area (Å²) in [6.45, 7) is 26.9. The molecule has 0 N–H and O–H groups in total. The Bertz CT molecular complexity index is 929. The molecule has 4 fully saturated rings. The standard InChI is InChI=1S/C32H51OP/c1-20(2)23-13-17-32(22(4)33-34)19-18-30(8)24(27(23)32)10-11-26-29(7)15-12-21(3)28(5,6)25(29)14-16-31(26,30)9/h12,23-27H,1,4,10-11,13-19,34H2,2-3,5-9H3/t23-,24+,25-,26+,27+,29-,30+,31+,32+/m0/s1. The first-order valence-electron chi connectivity index (χ1n) is 14.2. The molecule has 1 unspecified atom stereocenters. The van der Waals surface area contributed by atoms with E-state index in [1.807, 2.05) is 0 Å². The Labute approximate surface area is 212 Å². The molecule has 0 aromatic rings. The van der Waals surface area contributed by atoms with Gasteiger partial charge >= 0.3 is 0 Å². The number of fused-ring (bicyclic) bond motifs is 7. The molecule has 0 bridgehead atoms. The van der Waals surface area contributed by atoms with Crippen molar-refractivity contribution in [2.75, 3.05) is 0 Å². The average Bonchev–Trinajstić information content (AvgIpc) is 3.18. The molecule has 4 saturated carbocycles. The van der Waals surface area contributed by atoms with E-state index in [0.29, 0.717) is 33.5 Å². The molecular weight excluding hydrogens is 431 g/mol. The van der Waals surface area contributed by atoms with Gasteiger partial charge in [0.05, 0.1) is 15.2 Å². The highest BCUT2D eigenvalue weighted by molar-refractivity contribution is 7.10. The molecule has 190 valence electrons. The monoisotopic (exact) mass is 482 g/mol. The molecule has 10 atom stereocenters. The van der Waals surface area contributed by atoms with E-state index in [1.165, 1.54) is 63.4 Å². The molecule has 0 amide bonds. The van der Waals surface area contributed by atoms with Gasteiger partial charge in [-0.3, -0.25) is 0 Å². The van der Waals surface area contributed by atoms with E-state index in [4.69, 9.17) is 4.52 Å². The maximum absolute atomic E-state index is 5.87. The molecule has 5 rings (SSSR count). The maximum Gasteiger partial charge on any atom is 0.0984 e. The molecule has 0 aromatic carbocycles. The van der Waals surface area contributed by atoms with Crippen molar-refractivity contribution in [3.63, 3.8) is 0 Å². The third-order valence-corrected chi connectivity index (χ3v) is 14.1. The number of hydrogen-bond acceptors (Lipinski definition) is 1. The second-order valence-electron chi connectivity index (χ2n) is 14.7. The summed E-state index contributed by atoms with van der Waals surface area (Å²) in [4.78, 5) is 0. The topological polar surface area (TPSA) is 9.23 Å². The summed E-state index contributed by atoms with van der Waals surface area (Å²) < 4.78 is 5.87. The summed E-state index contributed by atoms with van der Waals surface area (Å²) in [7, 11) is 2.52. The lowest BCUT2D eigenvalue weighted by atomic mass is 9.32. The fraction of sp³-hybridized carbons (Fsp3) is 0.812. The Balaban J connectivity index is 1.58. The van der Waals surface area contributed by atoms with Crippen molar-refractivity contribution in [1.29, 1.82) is 0 Å². The van der Waals surface area contributed by atoms with Crippen LogP contribution in [0.5, 0.6) is 0 Å². The Hall–Kier alpha value is -0.550. The first kappa shape index (κ1) is 25.1. The van der Waals surface area contributed by atoms with Crippen LogP contribution in [0.3, 0.4) is 0 Å². The molecule has 0 aromatic heterocycles. The molecule has 1 nitrogen and oxygen atoms in total. The van der Waals surface area contributed by atoms with E-state index in [0.717, 1.165) is 23.5 Å². The smallest absolute Gasteiger partial charge is 0.0984 e. The van der Waals surface area contributed by atoms with Crippen LogP contribution in [0.2, 0.25) is 0 Å². The molecule has 34 heavy (non-hydrogen) atoms. The van der Waals surface area contributed by atoms with Gasteiger partial charge < -0.3 is 4.52 Å². The van der Waals surface area contributed by atoms with Crippen molar-refractivity contribution in [3.05, 3.63) is 36.1 Å². The molecule has 5 aliphatic rings. The minimum Gasteiger partial charge on any atom is -0.485 e. The van der Waals surface area contributed by atoms with Crippen LogP contribution in [0.1, 0.15) is 106 Å². The second kappa shape index (κ2) is 7.73. The van der Waals surface area contributed by atoms with Crippen LogP contribution in [-0.4, -0.2) is 0 Å². The molecule has 0 heterocycles. The lowest BCUT2D eigenvalue weighted by Gasteiger charge is -2.72. The normalized spacial score (nSPS) is 51.3. The Morgan fingerprint density at radius 2 is 1.62 bits per heavy atom. The molecule has 0 spiro atoms. The molecule has 5 aliphatic carbocycles. The zero-order chi connectivity index (χ0) is 24.9. The highest BCUT2D eigenvalue weighted by atomic mass is 31.0. The maximum atomic E-state index is 5.87. The quantitative estimate of drug-likeness (QED) is 0.221. The summed E-state index contributed by atoms with van der Waals surface area (Å²) in [5.74, 6) is 4.68. The fourth-order valence-electron chi connectivity index (χ4n) is 11.5. The Kier molecular flexibility index (Phi) is 5.71. The highest BCUT2D eigenvalue weighted by Crippen LogP contribution is 2.78. The second-order valence-corrected chi connectivity index (χ2v) is 14.9. The van der Waals surface area contributed by atoms with Crippen molar-refractivity contribution in [1.82, 2.24) is 0 Å². The van der Waals surface area contributed by atoms with Gasteiger partial charge in [-0.05, 0) is 123 Å². The lowest BCUT2D eigenvalue weighted by Crippen LogP contribution is -2.65. The summed E-state index contributed by atoms with van der Waals surface area (Å²) in [5, 5.41) is 0. The van der Waals surface area contributed by atoms with Gasteiger partial charge in [0.1, 0.15) is 0 Å². The van der Waals surface area contributed by atoms with E-state index >= 15 is 0 Å².